The van der Waals surface area contributed by atoms with Gasteiger partial charge in [0.1, 0.15) is 9.84 Å². The number of nitrogens with zero attached hydrogens (tertiary/aromatic N) is 4. The van der Waals surface area contributed by atoms with E-state index in [1.165, 1.54) is 6.26 Å². The van der Waals surface area contributed by atoms with Crippen LogP contribution in [0.25, 0.3) is 0 Å². The molecule has 0 spiro atoms. The van der Waals surface area contributed by atoms with E-state index in [2.05, 4.69) is 15.6 Å². The first kappa shape index (κ1) is 23.9. The molecule has 1 heterocycles. The van der Waals surface area contributed by atoms with Crippen LogP contribution in [-0.4, -0.2) is 107 Å². The Kier molecular flexibility index (Phi) is 12.4. The fraction of sp³-hybridized carbons (Fsp3) is 0.875. The maximum Gasteiger partial charge on any atom is 0.148 e. The molecule has 0 fully saturated rings. The molecule has 0 atom stereocenters. The molecule has 1 rings (SSSR count). The van der Waals surface area contributed by atoms with Crippen LogP contribution >= 0.6 is 0 Å². The predicted octanol–water partition coefficient (Wildman–Crippen LogP) is -0.976. The van der Waals surface area contributed by atoms with Gasteiger partial charge in [-0.2, -0.15) is 0 Å². The molecule has 10 nitrogen and oxygen atoms in total. The highest BCUT2D eigenvalue weighted by Crippen LogP contribution is 1.99. The zero-order chi connectivity index (χ0) is 20.0. The zero-order valence-corrected chi connectivity index (χ0v) is 17.4. The van der Waals surface area contributed by atoms with E-state index in [0.29, 0.717) is 59.3 Å². The highest BCUT2D eigenvalue weighted by Gasteiger charge is 2.08. The Bertz CT molecular complexity index is 596. The average molecular weight is 408 g/mol. The first-order valence-corrected chi connectivity index (χ1v) is 11.1. The molecule has 0 aliphatic rings. The van der Waals surface area contributed by atoms with Gasteiger partial charge < -0.3 is 19.5 Å². The predicted molar refractivity (Wildman–Crippen MR) is 102 cm³/mol. The number of hydrogen-bond donors (Lipinski definition) is 1. The second-order valence-corrected chi connectivity index (χ2v) is 8.54. The maximum absolute atomic E-state index is 11.2. The number of ether oxygens (including phenoxy) is 3. The summed E-state index contributed by atoms with van der Waals surface area (Å²) in [6.45, 7) is 5.87. The lowest BCUT2D eigenvalue weighted by Crippen LogP contribution is -2.25. The van der Waals surface area contributed by atoms with E-state index in [9.17, 15) is 8.42 Å². The van der Waals surface area contributed by atoms with Gasteiger partial charge in [0.2, 0.25) is 0 Å². The van der Waals surface area contributed by atoms with Crippen molar-refractivity contribution in [2.75, 3.05) is 78.8 Å². The molecule has 0 aliphatic heterocycles. The van der Waals surface area contributed by atoms with E-state index in [-0.39, 0.29) is 5.75 Å². The van der Waals surface area contributed by atoms with Gasteiger partial charge >= 0.3 is 0 Å². The van der Waals surface area contributed by atoms with Gasteiger partial charge in [-0.25, -0.2) is 13.1 Å². The number of sulfone groups is 1. The highest BCUT2D eigenvalue weighted by molar-refractivity contribution is 7.90. The summed E-state index contributed by atoms with van der Waals surface area (Å²) in [5.41, 5.74) is 0.799. The Morgan fingerprint density at radius 2 is 1.74 bits per heavy atom. The molecule has 0 amide bonds. The van der Waals surface area contributed by atoms with Gasteiger partial charge in [0.25, 0.3) is 0 Å². The molecular weight excluding hydrogens is 374 g/mol. The lowest BCUT2D eigenvalue weighted by molar-refractivity contribution is 0.0134. The summed E-state index contributed by atoms with van der Waals surface area (Å²) in [6.07, 6.45) is 3.08. The number of likely N-dealkylation sites (N-methyl/N-ethyl adjacent to an activating group) is 1. The van der Waals surface area contributed by atoms with Gasteiger partial charge in [0.15, 0.2) is 0 Å². The standard InChI is InChI=1S/C16H33N5O5S/c1-17-4-7-24-9-11-26-12-10-25-8-5-21-15-16(18-19-21)14-20(2)6-13-27(3,22)23/h15,17H,4-14H2,1-3H3. The van der Waals surface area contributed by atoms with Crippen LogP contribution in [0.4, 0.5) is 0 Å². The van der Waals surface area contributed by atoms with Crippen molar-refractivity contribution in [3.05, 3.63) is 11.9 Å². The summed E-state index contributed by atoms with van der Waals surface area (Å²) in [5, 5.41) is 11.1. The van der Waals surface area contributed by atoms with Crippen molar-refractivity contribution in [2.45, 2.75) is 13.1 Å². The summed E-state index contributed by atoms with van der Waals surface area (Å²) in [6, 6.07) is 0. The van der Waals surface area contributed by atoms with Gasteiger partial charge in [-0.3, -0.25) is 4.90 Å². The molecule has 11 heteroatoms. The molecular formula is C16H33N5O5S. The van der Waals surface area contributed by atoms with Crippen LogP contribution in [0.15, 0.2) is 6.20 Å². The second kappa shape index (κ2) is 14.0. The van der Waals surface area contributed by atoms with Gasteiger partial charge in [0.05, 0.1) is 57.6 Å². The van der Waals surface area contributed by atoms with Crippen molar-refractivity contribution in [1.82, 2.24) is 25.2 Å². The zero-order valence-electron chi connectivity index (χ0n) is 16.6. The Morgan fingerprint density at radius 1 is 1.11 bits per heavy atom. The van der Waals surface area contributed by atoms with E-state index >= 15 is 0 Å². The first-order chi connectivity index (χ1) is 12.9. The van der Waals surface area contributed by atoms with Gasteiger partial charge in [-0.15, -0.1) is 5.10 Å². The SMILES string of the molecule is CNCCOCCOCCOCCn1cc(CN(C)CCS(C)(=O)=O)nn1. The van der Waals surface area contributed by atoms with Crippen LogP contribution in [0.2, 0.25) is 0 Å². The molecule has 27 heavy (non-hydrogen) atoms. The number of hydrogen-bond acceptors (Lipinski definition) is 9. The summed E-state index contributed by atoms with van der Waals surface area (Å²) in [7, 11) is 0.792. The van der Waals surface area contributed by atoms with E-state index < -0.39 is 9.84 Å². The fourth-order valence-electron chi connectivity index (χ4n) is 2.07. The Balaban J connectivity index is 2.04. The van der Waals surface area contributed by atoms with Crippen molar-refractivity contribution in [1.29, 1.82) is 0 Å². The van der Waals surface area contributed by atoms with Crippen molar-refractivity contribution in [2.24, 2.45) is 0 Å². The summed E-state index contributed by atoms with van der Waals surface area (Å²) in [5.74, 6) is 0.135. The molecule has 0 saturated carbocycles. The van der Waals surface area contributed by atoms with Crippen molar-refractivity contribution < 1.29 is 22.6 Å². The molecule has 0 aliphatic carbocycles. The molecule has 0 saturated heterocycles. The molecule has 1 aromatic heterocycles. The second-order valence-electron chi connectivity index (χ2n) is 6.28. The number of nitrogens with one attached hydrogen (secondary N) is 1. The van der Waals surface area contributed by atoms with Crippen LogP contribution in [-0.2, 0) is 37.1 Å². The van der Waals surface area contributed by atoms with Gasteiger partial charge in [-0.05, 0) is 14.1 Å². The maximum atomic E-state index is 11.2. The monoisotopic (exact) mass is 407 g/mol. The minimum Gasteiger partial charge on any atom is -0.378 e. The Labute approximate surface area is 162 Å². The lowest BCUT2D eigenvalue weighted by Gasteiger charge is -2.13. The lowest BCUT2D eigenvalue weighted by atomic mass is 10.4. The molecule has 1 N–H and O–H groups in total. The van der Waals surface area contributed by atoms with Crippen molar-refractivity contribution >= 4 is 9.84 Å². The third-order valence-corrected chi connectivity index (χ3v) is 4.49. The average Bonchev–Trinajstić information content (AvgIpc) is 3.04. The van der Waals surface area contributed by atoms with Crippen molar-refractivity contribution in [3.8, 4) is 0 Å². The molecule has 0 radical (unpaired) electrons. The Hall–Kier alpha value is -1.11. The highest BCUT2D eigenvalue weighted by atomic mass is 32.2. The largest absolute Gasteiger partial charge is 0.378 e. The quantitative estimate of drug-likeness (QED) is 0.326. The van der Waals surface area contributed by atoms with Crippen LogP contribution in [0, 0.1) is 0 Å². The molecule has 0 unspecified atom stereocenters. The van der Waals surface area contributed by atoms with E-state index in [1.807, 2.05) is 25.2 Å². The molecule has 0 aromatic carbocycles. The fourth-order valence-corrected chi connectivity index (χ4v) is 2.72. The minimum atomic E-state index is -2.95. The van der Waals surface area contributed by atoms with Crippen molar-refractivity contribution in [3.63, 3.8) is 0 Å². The van der Waals surface area contributed by atoms with E-state index in [1.54, 1.807) is 4.68 Å². The van der Waals surface area contributed by atoms with E-state index in [0.717, 1.165) is 12.2 Å². The normalized spacial score (nSPS) is 12.1. The third-order valence-electron chi connectivity index (χ3n) is 3.57. The number of rotatable bonds is 17. The number of aromatic nitrogens is 3. The van der Waals surface area contributed by atoms with Gasteiger partial charge in [-0.1, -0.05) is 5.21 Å². The van der Waals surface area contributed by atoms with Gasteiger partial charge in [0, 0.05) is 32.1 Å². The molecule has 0 bridgehead atoms. The topological polar surface area (TPSA) is 108 Å². The first-order valence-electron chi connectivity index (χ1n) is 9.04. The van der Waals surface area contributed by atoms with Crippen LogP contribution in [0.5, 0.6) is 0 Å². The van der Waals surface area contributed by atoms with E-state index in [4.69, 9.17) is 14.2 Å². The summed E-state index contributed by atoms with van der Waals surface area (Å²) >= 11 is 0. The molecule has 1 aromatic rings. The minimum absolute atomic E-state index is 0.135. The summed E-state index contributed by atoms with van der Waals surface area (Å²) in [4.78, 5) is 1.91. The third kappa shape index (κ3) is 13.7. The van der Waals surface area contributed by atoms with Crippen LogP contribution in [0.1, 0.15) is 5.69 Å². The smallest absolute Gasteiger partial charge is 0.148 e. The van der Waals surface area contributed by atoms with Crippen LogP contribution in [0.3, 0.4) is 0 Å². The molecule has 158 valence electrons. The van der Waals surface area contributed by atoms with Crippen LogP contribution < -0.4 is 5.32 Å². The summed E-state index contributed by atoms with van der Waals surface area (Å²) < 4.78 is 40.3. The Morgan fingerprint density at radius 3 is 2.37 bits per heavy atom.